The largest absolute Gasteiger partial charge is 0.508 e. The van der Waals surface area contributed by atoms with Gasteiger partial charge in [-0.25, -0.2) is 0 Å². The smallest absolute Gasteiger partial charge is 0.234 e. The molecule has 116 valence electrons. The highest BCUT2D eigenvalue weighted by Crippen LogP contribution is 2.16. The number of phenols is 1. The molecule has 0 aliphatic carbocycles. The molecule has 0 spiro atoms. The molecule has 0 aliphatic rings. The highest BCUT2D eigenvalue weighted by molar-refractivity contribution is 5.78. The SMILES string of the molecule is COc1ccccc1CNC(=O)CNCc1ccccc1O. The Morgan fingerprint density at radius 2 is 1.73 bits per heavy atom. The summed E-state index contributed by atoms with van der Waals surface area (Å²) < 4.78 is 5.24. The van der Waals surface area contributed by atoms with Crippen LogP contribution in [0.4, 0.5) is 0 Å². The second kappa shape index (κ2) is 8.05. The van der Waals surface area contributed by atoms with Crippen LogP contribution in [0.2, 0.25) is 0 Å². The van der Waals surface area contributed by atoms with Crippen molar-refractivity contribution in [3.05, 3.63) is 59.7 Å². The van der Waals surface area contributed by atoms with Crippen molar-refractivity contribution in [2.24, 2.45) is 0 Å². The first-order valence-corrected chi connectivity index (χ1v) is 7.07. The Labute approximate surface area is 129 Å². The number of rotatable bonds is 7. The first-order valence-electron chi connectivity index (χ1n) is 7.07. The molecule has 22 heavy (non-hydrogen) atoms. The number of aromatic hydroxyl groups is 1. The van der Waals surface area contributed by atoms with Crippen LogP contribution in [0.25, 0.3) is 0 Å². The van der Waals surface area contributed by atoms with Gasteiger partial charge < -0.3 is 20.5 Å². The monoisotopic (exact) mass is 300 g/mol. The first kappa shape index (κ1) is 15.9. The number of ether oxygens (including phenoxy) is 1. The second-order valence-corrected chi connectivity index (χ2v) is 4.82. The topological polar surface area (TPSA) is 70.6 Å². The fraction of sp³-hybridized carbons (Fsp3) is 0.235. The van der Waals surface area contributed by atoms with Gasteiger partial charge in [-0.15, -0.1) is 0 Å². The fourth-order valence-corrected chi connectivity index (χ4v) is 2.08. The number of hydrogen-bond donors (Lipinski definition) is 3. The zero-order valence-corrected chi connectivity index (χ0v) is 12.5. The maximum absolute atomic E-state index is 11.8. The molecule has 0 bridgehead atoms. The number of para-hydroxylation sites is 2. The van der Waals surface area contributed by atoms with Crippen molar-refractivity contribution in [2.75, 3.05) is 13.7 Å². The molecule has 1 amide bonds. The van der Waals surface area contributed by atoms with E-state index in [1.54, 1.807) is 19.2 Å². The van der Waals surface area contributed by atoms with Gasteiger partial charge in [-0.3, -0.25) is 4.79 Å². The van der Waals surface area contributed by atoms with Gasteiger partial charge in [0.1, 0.15) is 11.5 Å². The number of amides is 1. The molecule has 0 saturated carbocycles. The van der Waals surface area contributed by atoms with Crippen molar-refractivity contribution >= 4 is 5.91 Å². The minimum atomic E-state index is -0.110. The molecule has 0 aromatic heterocycles. The van der Waals surface area contributed by atoms with E-state index in [9.17, 15) is 9.90 Å². The van der Waals surface area contributed by atoms with Gasteiger partial charge in [-0.1, -0.05) is 36.4 Å². The summed E-state index contributed by atoms with van der Waals surface area (Å²) >= 11 is 0. The Bertz CT molecular complexity index is 629. The number of carbonyl (C=O) groups is 1. The zero-order valence-electron chi connectivity index (χ0n) is 12.5. The molecule has 0 saturated heterocycles. The molecule has 0 aliphatic heterocycles. The Morgan fingerprint density at radius 1 is 1.05 bits per heavy atom. The van der Waals surface area contributed by atoms with E-state index in [0.717, 1.165) is 16.9 Å². The maximum atomic E-state index is 11.8. The lowest BCUT2D eigenvalue weighted by molar-refractivity contribution is -0.120. The lowest BCUT2D eigenvalue weighted by Crippen LogP contribution is -2.33. The lowest BCUT2D eigenvalue weighted by atomic mass is 10.2. The predicted molar refractivity (Wildman–Crippen MR) is 84.7 cm³/mol. The number of carbonyl (C=O) groups excluding carboxylic acids is 1. The quantitative estimate of drug-likeness (QED) is 0.729. The van der Waals surface area contributed by atoms with Crippen molar-refractivity contribution in [3.8, 4) is 11.5 Å². The summed E-state index contributed by atoms with van der Waals surface area (Å²) in [6.45, 7) is 1.04. The van der Waals surface area contributed by atoms with Gasteiger partial charge in [0, 0.05) is 24.2 Å². The molecule has 2 rings (SSSR count). The van der Waals surface area contributed by atoms with E-state index in [2.05, 4.69) is 10.6 Å². The van der Waals surface area contributed by atoms with Crippen LogP contribution in [0, 0.1) is 0 Å². The van der Waals surface area contributed by atoms with Crippen molar-refractivity contribution in [2.45, 2.75) is 13.1 Å². The van der Waals surface area contributed by atoms with Gasteiger partial charge in [-0.2, -0.15) is 0 Å². The van der Waals surface area contributed by atoms with Crippen LogP contribution in [-0.2, 0) is 17.9 Å². The molecule has 0 radical (unpaired) electrons. The third kappa shape index (κ3) is 4.49. The van der Waals surface area contributed by atoms with Crippen LogP contribution in [0.15, 0.2) is 48.5 Å². The van der Waals surface area contributed by atoms with Gasteiger partial charge in [-0.05, 0) is 12.1 Å². The Balaban J connectivity index is 1.75. The van der Waals surface area contributed by atoms with E-state index in [1.807, 2.05) is 36.4 Å². The van der Waals surface area contributed by atoms with E-state index in [4.69, 9.17) is 4.74 Å². The molecular weight excluding hydrogens is 280 g/mol. The van der Waals surface area contributed by atoms with Gasteiger partial charge in [0.15, 0.2) is 0 Å². The fourth-order valence-electron chi connectivity index (χ4n) is 2.08. The number of benzene rings is 2. The Kier molecular flexibility index (Phi) is 5.80. The summed E-state index contributed by atoms with van der Waals surface area (Å²) in [4.78, 5) is 11.8. The molecular formula is C17H20N2O3. The van der Waals surface area contributed by atoms with E-state index >= 15 is 0 Å². The number of nitrogens with one attached hydrogen (secondary N) is 2. The van der Waals surface area contributed by atoms with E-state index in [-0.39, 0.29) is 18.2 Å². The predicted octanol–water partition coefficient (Wildman–Crippen LogP) is 1.81. The van der Waals surface area contributed by atoms with Crippen LogP contribution in [0.5, 0.6) is 11.5 Å². The molecule has 0 unspecified atom stereocenters. The average Bonchev–Trinajstić information content (AvgIpc) is 2.55. The molecule has 0 fully saturated rings. The van der Waals surface area contributed by atoms with Crippen LogP contribution in [0.1, 0.15) is 11.1 Å². The van der Waals surface area contributed by atoms with Gasteiger partial charge >= 0.3 is 0 Å². The summed E-state index contributed by atoms with van der Waals surface area (Å²) in [6.07, 6.45) is 0. The standard InChI is InChI=1S/C17H20N2O3/c1-22-16-9-5-3-7-14(16)11-19-17(21)12-18-10-13-6-2-4-8-15(13)20/h2-9,18,20H,10-12H2,1H3,(H,19,21). The summed E-state index contributed by atoms with van der Waals surface area (Å²) in [5.41, 5.74) is 1.69. The van der Waals surface area contributed by atoms with Crippen molar-refractivity contribution in [1.82, 2.24) is 10.6 Å². The van der Waals surface area contributed by atoms with Crippen LogP contribution in [-0.4, -0.2) is 24.7 Å². The normalized spacial score (nSPS) is 10.2. The van der Waals surface area contributed by atoms with Crippen molar-refractivity contribution < 1.29 is 14.6 Å². The highest BCUT2D eigenvalue weighted by atomic mass is 16.5. The maximum Gasteiger partial charge on any atom is 0.234 e. The molecule has 0 heterocycles. The van der Waals surface area contributed by atoms with Gasteiger partial charge in [0.2, 0.25) is 5.91 Å². The van der Waals surface area contributed by atoms with Crippen LogP contribution >= 0.6 is 0 Å². The number of hydrogen-bond acceptors (Lipinski definition) is 4. The minimum absolute atomic E-state index is 0.110. The lowest BCUT2D eigenvalue weighted by Gasteiger charge is -2.10. The molecule has 0 atom stereocenters. The van der Waals surface area contributed by atoms with Gasteiger partial charge in [0.05, 0.1) is 13.7 Å². The molecule has 2 aromatic carbocycles. The molecule has 2 aromatic rings. The average molecular weight is 300 g/mol. The van der Waals surface area contributed by atoms with E-state index < -0.39 is 0 Å². The third-order valence-electron chi connectivity index (χ3n) is 3.26. The van der Waals surface area contributed by atoms with Gasteiger partial charge in [0.25, 0.3) is 0 Å². The van der Waals surface area contributed by atoms with E-state index in [1.165, 1.54) is 0 Å². The van der Waals surface area contributed by atoms with Crippen LogP contribution < -0.4 is 15.4 Å². The minimum Gasteiger partial charge on any atom is -0.508 e. The van der Waals surface area contributed by atoms with Crippen LogP contribution in [0.3, 0.4) is 0 Å². The number of methoxy groups -OCH3 is 1. The second-order valence-electron chi connectivity index (χ2n) is 4.82. The molecule has 5 nitrogen and oxygen atoms in total. The third-order valence-corrected chi connectivity index (χ3v) is 3.26. The summed E-state index contributed by atoms with van der Waals surface area (Å²) in [5.74, 6) is 0.871. The molecule has 3 N–H and O–H groups in total. The molecule has 5 heteroatoms. The summed E-state index contributed by atoms with van der Waals surface area (Å²) in [5, 5.41) is 15.5. The van der Waals surface area contributed by atoms with Crippen molar-refractivity contribution in [3.63, 3.8) is 0 Å². The highest BCUT2D eigenvalue weighted by Gasteiger charge is 2.05. The summed E-state index contributed by atoms with van der Waals surface area (Å²) in [6, 6.07) is 14.6. The summed E-state index contributed by atoms with van der Waals surface area (Å²) in [7, 11) is 1.61. The van der Waals surface area contributed by atoms with Crippen molar-refractivity contribution in [1.29, 1.82) is 0 Å². The Hall–Kier alpha value is -2.53. The Morgan fingerprint density at radius 3 is 2.45 bits per heavy atom. The first-order chi connectivity index (χ1) is 10.7. The zero-order chi connectivity index (χ0) is 15.8. The van der Waals surface area contributed by atoms with E-state index in [0.29, 0.717) is 13.1 Å². The number of phenolic OH excluding ortho intramolecular Hbond substituents is 1.